The highest BCUT2D eigenvalue weighted by Crippen LogP contribution is 2.15. The number of hydrogen-bond acceptors (Lipinski definition) is 5. The Morgan fingerprint density at radius 2 is 1.18 bits per heavy atom. The Morgan fingerprint density at radius 1 is 0.744 bits per heavy atom. The van der Waals surface area contributed by atoms with Crippen molar-refractivity contribution in [3.63, 3.8) is 0 Å². The molecule has 0 aliphatic rings. The van der Waals surface area contributed by atoms with E-state index >= 15 is 0 Å². The number of rotatable bonds is 25. The van der Waals surface area contributed by atoms with Crippen molar-refractivity contribution in [2.75, 3.05) is 68.1 Å². The summed E-state index contributed by atoms with van der Waals surface area (Å²) in [7, 11) is 9.45. The fourth-order valence-corrected chi connectivity index (χ4v) is 4.24. The first kappa shape index (κ1) is 37.5. The number of carbonyl (C=O) groups is 2. The molecule has 0 spiro atoms. The predicted molar refractivity (Wildman–Crippen MR) is 161 cm³/mol. The molecule has 8 heteroatoms. The van der Waals surface area contributed by atoms with E-state index < -0.39 is 11.7 Å². The van der Waals surface area contributed by atoms with Crippen molar-refractivity contribution in [3.8, 4) is 0 Å². The summed E-state index contributed by atoms with van der Waals surface area (Å²) in [6.45, 7) is 6.02. The maximum Gasteiger partial charge on any atom is 0.409 e. The van der Waals surface area contributed by atoms with Crippen molar-refractivity contribution in [3.05, 3.63) is 0 Å². The number of nitrogens with zero attached hydrogens (tertiary/aromatic N) is 2. The van der Waals surface area contributed by atoms with Crippen LogP contribution in [-0.4, -0.2) is 95.3 Å². The van der Waals surface area contributed by atoms with E-state index in [1.807, 2.05) is 0 Å². The van der Waals surface area contributed by atoms with Crippen molar-refractivity contribution < 1.29 is 28.3 Å². The van der Waals surface area contributed by atoms with Gasteiger partial charge in [0.1, 0.15) is 18.8 Å². The van der Waals surface area contributed by atoms with E-state index in [0.29, 0.717) is 13.1 Å². The highest BCUT2D eigenvalue weighted by Gasteiger charge is 2.29. The Balaban J connectivity index is 3.78. The van der Waals surface area contributed by atoms with Crippen molar-refractivity contribution in [1.29, 1.82) is 0 Å². The van der Waals surface area contributed by atoms with E-state index in [0.717, 1.165) is 23.9 Å². The maximum absolute atomic E-state index is 12.4. The van der Waals surface area contributed by atoms with E-state index in [4.69, 9.17) is 14.2 Å². The van der Waals surface area contributed by atoms with Crippen LogP contribution in [0.4, 0.5) is 9.59 Å². The van der Waals surface area contributed by atoms with Gasteiger partial charge in [0.05, 0.1) is 34.2 Å². The second kappa shape index (κ2) is 23.2. The molecule has 0 fully saturated rings. The Morgan fingerprint density at radius 3 is 1.62 bits per heavy atom. The fraction of sp³-hybridized carbons (Fsp3) is 0.935. The Kier molecular flexibility index (Phi) is 22.3. The van der Waals surface area contributed by atoms with Crippen LogP contribution in [0.25, 0.3) is 0 Å². The number of carbonyl (C=O) groups excluding carboxylic acids is 2. The summed E-state index contributed by atoms with van der Waals surface area (Å²) in [5, 5.41) is 2.73. The van der Waals surface area contributed by atoms with E-state index in [9.17, 15) is 9.59 Å². The summed E-state index contributed by atoms with van der Waals surface area (Å²) in [5.74, 6) is 0. The third kappa shape index (κ3) is 24.0. The minimum absolute atomic E-state index is 0.00414. The number of methoxy groups -OCH3 is 1. The van der Waals surface area contributed by atoms with Gasteiger partial charge in [-0.05, 0) is 13.3 Å². The number of amides is 2. The first-order chi connectivity index (χ1) is 18.5. The van der Waals surface area contributed by atoms with Gasteiger partial charge >= 0.3 is 12.2 Å². The molecule has 0 radical (unpaired) electrons. The molecule has 1 N–H and O–H groups in total. The number of hydrogen-bond donors (Lipinski definition) is 1. The molecular weight excluding hydrogens is 494 g/mol. The molecule has 0 bridgehead atoms. The molecule has 0 heterocycles. The Hall–Kier alpha value is -1.54. The standard InChI is InChI=1S/C31H63N3O5/c1-8-9-10-11-12-13-14-15-16-17-18-19-20-21-22-23-25-33(3)30(36)39-28-31(2,37-7)27-38-29(35)32-24-26-34(4,5)6/h8-28H2,1-7H3/p+1. The van der Waals surface area contributed by atoms with E-state index in [-0.39, 0.29) is 19.3 Å². The number of likely N-dealkylation sites (N-methyl/N-ethyl adjacent to an activating group) is 1. The molecule has 2 amide bonds. The van der Waals surface area contributed by atoms with Gasteiger partial charge in [-0.1, -0.05) is 103 Å². The zero-order chi connectivity index (χ0) is 29.4. The normalized spacial score (nSPS) is 13.1. The van der Waals surface area contributed by atoms with E-state index in [1.165, 1.54) is 97.0 Å². The second-order valence-electron chi connectivity index (χ2n) is 12.5. The molecule has 0 saturated carbocycles. The molecule has 0 rings (SSSR count). The van der Waals surface area contributed by atoms with Gasteiger partial charge in [-0.2, -0.15) is 0 Å². The van der Waals surface area contributed by atoms with Crippen molar-refractivity contribution in [2.24, 2.45) is 0 Å². The molecule has 1 atom stereocenters. The van der Waals surface area contributed by atoms with Crippen LogP contribution in [-0.2, 0) is 14.2 Å². The van der Waals surface area contributed by atoms with Crippen molar-refractivity contribution in [1.82, 2.24) is 10.2 Å². The molecule has 0 aromatic rings. The zero-order valence-electron chi connectivity index (χ0n) is 26.8. The lowest BCUT2D eigenvalue weighted by molar-refractivity contribution is -0.869. The monoisotopic (exact) mass is 558 g/mol. The van der Waals surface area contributed by atoms with Crippen LogP contribution >= 0.6 is 0 Å². The molecule has 0 saturated heterocycles. The summed E-state index contributed by atoms with van der Waals surface area (Å²) >= 11 is 0. The molecule has 0 aromatic heterocycles. The third-order valence-corrected chi connectivity index (χ3v) is 7.21. The lowest BCUT2D eigenvalue weighted by atomic mass is 10.0. The first-order valence-electron chi connectivity index (χ1n) is 15.7. The number of quaternary nitrogens is 1. The number of ether oxygens (including phenoxy) is 3. The summed E-state index contributed by atoms with van der Waals surface area (Å²) in [4.78, 5) is 26.0. The summed E-state index contributed by atoms with van der Waals surface area (Å²) in [6, 6.07) is 0. The van der Waals surface area contributed by atoms with Gasteiger partial charge in [0.2, 0.25) is 0 Å². The van der Waals surface area contributed by atoms with Crippen LogP contribution in [0.15, 0.2) is 0 Å². The second-order valence-corrected chi connectivity index (χ2v) is 12.5. The Bertz CT molecular complexity index is 612. The van der Waals surface area contributed by atoms with E-state index in [2.05, 4.69) is 33.4 Å². The molecule has 0 aliphatic heterocycles. The average molecular weight is 559 g/mol. The average Bonchev–Trinajstić information content (AvgIpc) is 2.89. The van der Waals surface area contributed by atoms with E-state index in [1.54, 1.807) is 18.9 Å². The van der Waals surface area contributed by atoms with Gasteiger partial charge in [0.15, 0.2) is 0 Å². The minimum Gasteiger partial charge on any atom is -0.446 e. The van der Waals surface area contributed by atoms with Crippen LogP contribution in [0.1, 0.15) is 117 Å². The highest BCUT2D eigenvalue weighted by atomic mass is 16.6. The Labute approximate surface area is 241 Å². The molecule has 8 nitrogen and oxygen atoms in total. The van der Waals surface area contributed by atoms with Crippen LogP contribution in [0.5, 0.6) is 0 Å². The SMILES string of the molecule is CCCCCCCCCCCCCCCCCCN(C)C(=O)OCC(C)(COC(=O)NCC[N+](C)(C)C)OC. The van der Waals surface area contributed by atoms with Crippen LogP contribution in [0.2, 0.25) is 0 Å². The lowest BCUT2D eigenvalue weighted by Gasteiger charge is -2.28. The summed E-state index contributed by atoms with van der Waals surface area (Å²) < 4.78 is 16.9. The van der Waals surface area contributed by atoms with Crippen LogP contribution in [0.3, 0.4) is 0 Å². The van der Waals surface area contributed by atoms with Crippen LogP contribution in [0, 0.1) is 0 Å². The number of nitrogens with one attached hydrogen (secondary N) is 1. The molecular formula is C31H64N3O5+. The van der Waals surface area contributed by atoms with Crippen molar-refractivity contribution >= 4 is 12.2 Å². The summed E-state index contributed by atoms with van der Waals surface area (Å²) in [5.41, 5.74) is -0.901. The molecule has 1 unspecified atom stereocenters. The topological polar surface area (TPSA) is 77.1 Å². The molecule has 39 heavy (non-hydrogen) atoms. The first-order valence-corrected chi connectivity index (χ1v) is 15.7. The van der Waals surface area contributed by atoms with Gasteiger partial charge in [-0.3, -0.25) is 0 Å². The van der Waals surface area contributed by atoms with Gasteiger partial charge in [-0.15, -0.1) is 0 Å². The minimum atomic E-state index is -0.901. The zero-order valence-corrected chi connectivity index (χ0v) is 26.8. The third-order valence-electron chi connectivity index (χ3n) is 7.21. The number of unbranched alkanes of at least 4 members (excludes halogenated alkanes) is 15. The highest BCUT2D eigenvalue weighted by molar-refractivity contribution is 5.67. The predicted octanol–water partition coefficient (Wildman–Crippen LogP) is 7.15. The molecule has 0 aliphatic carbocycles. The fourth-order valence-electron chi connectivity index (χ4n) is 4.24. The van der Waals surface area contributed by atoms with Gasteiger partial charge in [0, 0.05) is 20.7 Å². The van der Waals surface area contributed by atoms with Gasteiger partial charge in [0.25, 0.3) is 0 Å². The molecule has 0 aromatic carbocycles. The lowest BCUT2D eigenvalue weighted by Crippen LogP contribution is -2.45. The van der Waals surface area contributed by atoms with Crippen LogP contribution < -0.4 is 5.32 Å². The number of alkyl carbamates (subject to hydrolysis) is 1. The largest absolute Gasteiger partial charge is 0.446 e. The van der Waals surface area contributed by atoms with Gasteiger partial charge in [-0.25, -0.2) is 9.59 Å². The molecule has 232 valence electrons. The quantitative estimate of drug-likeness (QED) is 0.0951. The summed E-state index contributed by atoms with van der Waals surface area (Å²) in [6.07, 6.45) is 20.4. The van der Waals surface area contributed by atoms with Crippen molar-refractivity contribution in [2.45, 2.75) is 122 Å². The maximum atomic E-state index is 12.4. The van der Waals surface area contributed by atoms with Gasteiger partial charge < -0.3 is 28.9 Å². The smallest absolute Gasteiger partial charge is 0.409 e.